The van der Waals surface area contributed by atoms with Crippen molar-refractivity contribution >= 4 is 23.4 Å². The number of hydrogen-bond donors (Lipinski definition) is 1. The van der Waals surface area contributed by atoms with Crippen molar-refractivity contribution in [2.75, 3.05) is 20.1 Å². The Labute approximate surface area is 141 Å². The first-order valence-corrected chi connectivity index (χ1v) is 8.32. The van der Waals surface area contributed by atoms with Crippen molar-refractivity contribution in [1.29, 1.82) is 0 Å². The molecule has 2 rings (SSSR count). The van der Waals surface area contributed by atoms with E-state index in [0.717, 1.165) is 6.42 Å². The summed E-state index contributed by atoms with van der Waals surface area (Å²) >= 11 is 6.08. The molecular weight excluding hydrogens is 316 g/mol. The van der Waals surface area contributed by atoms with Crippen LogP contribution in [0, 0.1) is 5.92 Å². The Morgan fingerprint density at radius 3 is 2.87 bits per heavy atom. The maximum Gasteiger partial charge on any atom is 0.223 e. The molecule has 0 radical (unpaired) electrons. The molecule has 1 heterocycles. The molecule has 2 amide bonds. The topological polar surface area (TPSA) is 58.6 Å². The number of ether oxygens (including phenoxy) is 1. The Morgan fingerprint density at radius 2 is 2.22 bits per heavy atom. The molecule has 126 valence electrons. The van der Waals surface area contributed by atoms with Crippen LogP contribution < -0.4 is 10.1 Å². The van der Waals surface area contributed by atoms with Crippen LogP contribution in [0.25, 0.3) is 0 Å². The van der Waals surface area contributed by atoms with E-state index in [1.165, 1.54) is 0 Å². The van der Waals surface area contributed by atoms with Crippen LogP contribution in [0.3, 0.4) is 0 Å². The number of piperidine rings is 1. The fraction of sp³-hybridized carbons (Fsp3) is 0.529. The van der Waals surface area contributed by atoms with Crippen molar-refractivity contribution in [2.24, 2.45) is 5.92 Å². The lowest BCUT2D eigenvalue weighted by atomic mass is 9.95. The summed E-state index contributed by atoms with van der Waals surface area (Å²) in [5, 5.41) is 3.45. The second-order valence-corrected chi connectivity index (χ2v) is 6.24. The molecule has 0 spiro atoms. The lowest BCUT2D eigenvalue weighted by Gasteiger charge is -2.28. The number of amides is 2. The maximum atomic E-state index is 12.2. The van der Waals surface area contributed by atoms with E-state index in [4.69, 9.17) is 16.3 Å². The van der Waals surface area contributed by atoms with Gasteiger partial charge in [-0.1, -0.05) is 30.7 Å². The summed E-state index contributed by atoms with van der Waals surface area (Å²) in [6, 6.07) is 7.28. The molecule has 2 atom stereocenters. The lowest BCUT2D eigenvalue weighted by molar-refractivity contribution is -0.139. The maximum absolute atomic E-state index is 12.2. The van der Waals surface area contributed by atoms with Gasteiger partial charge >= 0.3 is 0 Å². The molecule has 23 heavy (non-hydrogen) atoms. The first-order chi connectivity index (χ1) is 11.0. The van der Waals surface area contributed by atoms with Crippen LogP contribution in [0.1, 0.15) is 26.2 Å². The Balaban J connectivity index is 1.84. The number of likely N-dealkylation sites (tertiary alicyclic amines) is 1. The number of halogens is 1. The Hall–Kier alpha value is -1.75. The quantitative estimate of drug-likeness (QED) is 0.867. The zero-order valence-electron chi connectivity index (χ0n) is 13.5. The molecule has 0 aliphatic carbocycles. The summed E-state index contributed by atoms with van der Waals surface area (Å²) in [5.41, 5.74) is 0. The van der Waals surface area contributed by atoms with Gasteiger partial charge in [-0.05, 0) is 25.0 Å². The Morgan fingerprint density at radius 1 is 1.48 bits per heavy atom. The molecule has 1 N–H and O–H groups in total. The van der Waals surface area contributed by atoms with Crippen molar-refractivity contribution in [1.82, 2.24) is 10.2 Å². The van der Waals surface area contributed by atoms with E-state index >= 15 is 0 Å². The van der Waals surface area contributed by atoms with E-state index in [1.807, 2.05) is 25.1 Å². The summed E-state index contributed by atoms with van der Waals surface area (Å²) in [5.74, 6) is 0.324. The molecule has 1 aromatic rings. The number of carbonyl (C=O) groups excluding carboxylic acids is 2. The van der Waals surface area contributed by atoms with E-state index < -0.39 is 0 Å². The Bertz CT molecular complexity index is 565. The van der Waals surface area contributed by atoms with Crippen LogP contribution in [0.4, 0.5) is 0 Å². The van der Waals surface area contributed by atoms with Crippen LogP contribution in [0.15, 0.2) is 24.3 Å². The first kappa shape index (κ1) is 17.6. The fourth-order valence-corrected chi connectivity index (χ4v) is 2.69. The van der Waals surface area contributed by atoms with E-state index in [9.17, 15) is 9.59 Å². The highest BCUT2D eigenvalue weighted by Gasteiger charge is 2.28. The Kier molecular flexibility index (Phi) is 6.28. The smallest absolute Gasteiger partial charge is 0.223 e. The number of nitrogens with zero attached hydrogens (tertiary/aromatic N) is 1. The third kappa shape index (κ3) is 4.86. The van der Waals surface area contributed by atoms with Crippen molar-refractivity contribution in [3.8, 4) is 5.75 Å². The molecule has 0 saturated carbocycles. The molecule has 1 fully saturated rings. The van der Waals surface area contributed by atoms with Crippen molar-refractivity contribution in [3.63, 3.8) is 0 Å². The minimum Gasteiger partial charge on any atom is -0.487 e. The summed E-state index contributed by atoms with van der Waals surface area (Å²) in [6.07, 6.45) is 1.58. The van der Waals surface area contributed by atoms with Gasteiger partial charge in [0.1, 0.15) is 11.9 Å². The number of benzene rings is 1. The fourth-order valence-electron chi connectivity index (χ4n) is 2.51. The van der Waals surface area contributed by atoms with Gasteiger partial charge in [0.25, 0.3) is 0 Å². The zero-order chi connectivity index (χ0) is 16.8. The van der Waals surface area contributed by atoms with Gasteiger partial charge in [0.2, 0.25) is 11.8 Å². The number of hydrogen-bond acceptors (Lipinski definition) is 3. The minimum atomic E-state index is -0.239. The minimum absolute atomic E-state index is 0.0239. The molecule has 1 aliphatic rings. The van der Waals surface area contributed by atoms with E-state index in [2.05, 4.69) is 5.32 Å². The van der Waals surface area contributed by atoms with Crippen LogP contribution in [0.2, 0.25) is 5.02 Å². The lowest BCUT2D eigenvalue weighted by Crippen LogP contribution is -2.44. The predicted octanol–water partition coefficient (Wildman–Crippen LogP) is 2.48. The standard InChI is InChI=1S/C17H23ClN2O3/c1-3-13(23-15-7-5-4-6-14(15)18)11-19-17(22)12-8-9-20(2)16(21)10-12/h4-7,12-13H,3,8-11H2,1-2H3,(H,19,22)/t12-,13+/m0/s1. The van der Waals surface area contributed by atoms with Gasteiger partial charge in [-0.15, -0.1) is 0 Å². The van der Waals surface area contributed by atoms with Gasteiger partial charge in [-0.3, -0.25) is 9.59 Å². The van der Waals surface area contributed by atoms with Crippen LogP contribution in [0.5, 0.6) is 5.75 Å². The van der Waals surface area contributed by atoms with E-state index in [1.54, 1.807) is 18.0 Å². The van der Waals surface area contributed by atoms with Crippen LogP contribution in [-0.2, 0) is 9.59 Å². The second-order valence-electron chi connectivity index (χ2n) is 5.83. The van der Waals surface area contributed by atoms with E-state index in [-0.39, 0.29) is 30.3 Å². The van der Waals surface area contributed by atoms with Crippen LogP contribution >= 0.6 is 11.6 Å². The normalized spacial score (nSPS) is 19.3. The predicted molar refractivity (Wildman–Crippen MR) is 89.5 cm³/mol. The molecular formula is C17H23ClN2O3. The first-order valence-electron chi connectivity index (χ1n) is 7.94. The van der Waals surface area contributed by atoms with Gasteiger partial charge in [0.15, 0.2) is 0 Å². The highest BCUT2D eigenvalue weighted by Crippen LogP contribution is 2.24. The summed E-state index contributed by atoms with van der Waals surface area (Å²) in [6.45, 7) is 3.03. The van der Waals surface area contributed by atoms with Crippen molar-refractivity contribution in [3.05, 3.63) is 29.3 Å². The van der Waals surface area contributed by atoms with Crippen molar-refractivity contribution in [2.45, 2.75) is 32.3 Å². The van der Waals surface area contributed by atoms with E-state index in [0.29, 0.717) is 30.3 Å². The summed E-state index contributed by atoms with van der Waals surface area (Å²) in [7, 11) is 1.76. The van der Waals surface area contributed by atoms with Gasteiger partial charge in [-0.25, -0.2) is 0 Å². The second kappa shape index (κ2) is 8.20. The number of rotatable bonds is 6. The molecule has 5 nitrogen and oxygen atoms in total. The average Bonchev–Trinajstić information content (AvgIpc) is 2.55. The van der Waals surface area contributed by atoms with Gasteiger partial charge in [0, 0.05) is 25.9 Å². The third-order valence-corrected chi connectivity index (χ3v) is 4.43. The number of para-hydroxylation sites is 1. The molecule has 6 heteroatoms. The number of nitrogens with one attached hydrogen (secondary N) is 1. The summed E-state index contributed by atoms with van der Waals surface area (Å²) in [4.78, 5) is 25.6. The molecule has 1 saturated heterocycles. The molecule has 1 aliphatic heterocycles. The zero-order valence-corrected chi connectivity index (χ0v) is 14.3. The highest BCUT2D eigenvalue weighted by atomic mass is 35.5. The summed E-state index contributed by atoms with van der Waals surface area (Å²) < 4.78 is 5.85. The molecule has 0 bridgehead atoms. The number of carbonyl (C=O) groups is 2. The molecule has 0 unspecified atom stereocenters. The highest BCUT2D eigenvalue weighted by molar-refractivity contribution is 6.32. The third-order valence-electron chi connectivity index (χ3n) is 4.12. The van der Waals surface area contributed by atoms with Gasteiger partial charge in [0.05, 0.1) is 11.6 Å². The monoisotopic (exact) mass is 338 g/mol. The molecule has 1 aromatic carbocycles. The largest absolute Gasteiger partial charge is 0.487 e. The van der Waals surface area contributed by atoms with Crippen LogP contribution in [-0.4, -0.2) is 43.0 Å². The SMILES string of the molecule is CC[C@H](CNC(=O)[C@H]1CCN(C)C(=O)C1)Oc1ccccc1Cl. The van der Waals surface area contributed by atoms with Gasteiger partial charge < -0.3 is 15.0 Å². The van der Waals surface area contributed by atoms with Crippen molar-refractivity contribution < 1.29 is 14.3 Å². The average molecular weight is 339 g/mol. The van der Waals surface area contributed by atoms with Gasteiger partial charge in [-0.2, -0.15) is 0 Å². The molecule has 0 aromatic heterocycles.